The maximum atomic E-state index is 8.68. The molecule has 0 aromatic heterocycles. The van der Waals surface area contributed by atoms with Crippen LogP contribution in [0.3, 0.4) is 0 Å². The van der Waals surface area contributed by atoms with Crippen molar-refractivity contribution < 1.29 is 0 Å². The fourth-order valence-corrected chi connectivity index (χ4v) is 12.6. The molecule has 3 aliphatic rings. The Hall–Kier alpha value is 1.25. The van der Waals surface area contributed by atoms with E-state index in [2.05, 4.69) is 24.5 Å². The molecule has 3 aliphatic heterocycles. The second-order valence-electron chi connectivity index (χ2n) is 4.19. The van der Waals surface area contributed by atoms with Crippen molar-refractivity contribution in [3.05, 3.63) is 37.6 Å². The zero-order valence-corrected chi connectivity index (χ0v) is 18.7. The van der Waals surface area contributed by atoms with E-state index < -0.39 is 0 Å². The van der Waals surface area contributed by atoms with Crippen molar-refractivity contribution in [2.75, 3.05) is 23.5 Å². The SMILES string of the molecule is CSC1=C(SCCC#N)S/C(=C\C=C2SC3=C(SCCS3)S2)S1. The molecule has 0 amide bonds. The van der Waals surface area contributed by atoms with Gasteiger partial charge in [0.2, 0.25) is 0 Å². The third-order valence-electron chi connectivity index (χ3n) is 2.64. The van der Waals surface area contributed by atoms with Crippen LogP contribution in [-0.4, -0.2) is 23.5 Å². The molecule has 0 fully saturated rings. The number of nitrogens with zero attached hydrogens (tertiary/aromatic N) is 1. The van der Waals surface area contributed by atoms with Crippen LogP contribution in [0.15, 0.2) is 37.6 Å². The quantitative estimate of drug-likeness (QED) is 0.396. The first kappa shape index (κ1) is 19.0. The predicted molar refractivity (Wildman–Crippen MR) is 122 cm³/mol. The molecule has 0 bridgehead atoms. The number of hydrogen-bond acceptors (Lipinski definition) is 9. The average molecular weight is 452 g/mol. The summed E-state index contributed by atoms with van der Waals surface area (Å²) in [6, 6.07) is 2.22. The highest BCUT2D eigenvalue weighted by Crippen LogP contribution is 2.60. The van der Waals surface area contributed by atoms with Crippen LogP contribution in [0.2, 0.25) is 0 Å². The lowest BCUT2D eigenvalue weighted by molar-refractivity contribution is 1.24. The van der Waals surface area contributed by atoms with Gasteiger partial charge in [-0.05, 0) is 18.4 Å². The van der Waals surface area contributed by atoms with Crippen LogP contribution >= 0.6 is 94.1 Å². The van der Waals surface area contributed by atoms with E-state index >= 15 is 0 Å². The summed E-state index contributed by atoms with van der Waals surface area (Å²) in [4.78, 5) is 0. The van der Waals surface area contributed by atoms with Gasteiger partial charge in [-0.15, -0.1) is 47.0 Å². The maximum absolute atomic E-state index is 8.68. The van der Waals surface area contributed by atoms with Crippen LogP contribution < -0.4 is 0 Å². The molecule has 0 spiro atoms. The standard InChI is InChI=1S/C14H13NS8/c1-16-11-12(17-6-2-5-15)21-9(20-11)3-4-10-22-13-14(23-10)19-8-7-18-13/h3-4H,2,6-8H2,1H3/b9-3-. The zero-order chi connectivity index (χ0) is 16.1. The molecule has 0 atom stereocenters. The van der Waals surface area contributed by atoms with Gasteiger partial charge in [-0.25, -0.2) is 0 Å². The van der Waals surface area contributed by atoms with Gasteiger partial charge in [-0.2, -0.15) is 5.26 Å². The van der Waals surface area contributed by atoms with E-state index in [1.807, 2.05) is 94.1 Å². The Balaban J connectivity index is 1.58. The van der Waals surface area contributed by atoms with E-state index in [1.165, 1.54) is 36.9 Å². The molecule has 3 rings (SSSR count). The summed E-state index contributed by atoms with van der Waals surface area (Å²) in [5.41, 5.74) is 0. The van der Waals surface area contributed by atoms with Gasteiger partial charge in [-0.3, -0.25) is 0 Å². The molecule has 1 nitrogen and oxygen atoms in total. The topological polar surface area (TPSA) is 23.8 Å². The van der Waals surface area contributed by atoms with Gasteiger partial charge in [-0.1, -0.05) is 47.0 Å². The zero-order valence-electron chi connectivity index (χ0n) is 12.2. The van der Waals surface area contributed by atoms with E-state index in [4.69, 9.17) is 5.26 Å². The third-order valence-corrected chi connectivity index (χ3v) is 13.6. The maximum Gasteiger partial charge on any atom is 0.0660 e. The van der Waals surface area contributed by atoms with Crippen molar-refractivity contribution in [2.24, 2.45) is 0 Å². The Morgan fingerprint density at radius 2 is 1.61 bits per heavy atom. The lowest BCUT2D eigenvalue weighted by Crippen LogP contribution is -1.88. The highest BCUT2D eigenvalue weighted by Gasteiger charge is 2.25. The lowest BCUT2D eigenvalue weighted by atomic mass is 10.6. The number of rotatable bonds is 5. The summed E-state index contributed by atoms with van der Waals surface area (Å²) in [5, 5.41) is 8.68. The minimum Gasteiger partial charge on any atom is -0.198 e. The van der Waals surface area contributed by atoms with Crippen molar-refractivity contribution in [3.8, 4) is 6.07 Å². The molecule has 0 saturated carbocycles. The Morgan fingerprint density at radius 1 is 1.00 bits per heavy atom. The van der Waals surface area contributed by atoms with Crippen molar-refractivity contribution in [1.82, 2.24) is 0 Å². The van der Waals surface area contributed by atoms with Crippen molar-refractivity contribution in [2.45, 2.75) is 6.42 Å². The Bertz CT molecular complexity index is 620. The van der Waals surface area contributed by atoms with Crippen molar-refractivity contribution >= 4 is 94.1 Å². The van der Waals surface area contributed by atoms with Crippen molar-refractivity contribution in [1.29, 1.82) is 5.26 Å². The molecular formula is C14H13NS8. The van der Waals surface area contributed by atoms with Gasteiger partial charge in [0.25, 0.3) is 0 Å². The monoisotopic (exact) mass is 451 g/mol. The first-order valence-corrected chi connectivity index (χ1v) is 14.2. The molecule has 9 heteroatoms. The summed E-state index contributed by atoms with van der Waals surface area (Å²) in [5.74, 6) is 3.36. The molecule has 0 aromatic carbocycles. The van der Waals surface area contributed by atoms with Crippen molar-refractivity contribution in [3.63, 3.8) is 0 Å². The van der Waals surface area contributed by atoms with Crippen LogP contribution in [0, 0.1) is 11.3 Å². The fourth-order valence-electron chi connectivity index (χ4n) is 1.69. The van der Waals surface area contributed by atoms with Crippen LogP contribution in [0.25, 0.3) is 0 Å². The first-order chi connectivity index (χ1) is 11.3. The number of nitriles is 1. The molecule has 0 saturated heterocycles. The minimum absolute atomic E-state index is 0.615. The molecule has 23 heavy (non-hydrogen) atoms. The highest BCUT2D eigenvalue weighted by atomic mass is 32.3. The van der Waals surface area contributed by atoms with Crippen LogP contribution in [-0.2, 0) is 0 Å². The Labute approximate surface area is 171 Å². The second kappa shape index (κ2) is 9.81. The summed E-state index contributed by atoms with van der Waals surface area (Å²) >= 11 is 15.2. The summed E-state index contributed by atoms with van der Waals surface area (Å²) in [6.45, 7) is 0. The molecule has 0 aliphatic carbocycles. The number of hydrogen-bond donors (Lipinski definition) is 0. The van der Waals surface area contributed by atoms with Gasteiger partial charge < -0.3 is 0 Å². The first-order valence-electron chi connectivity index (χ1n) is 6.71. The minimum atomic E-state index is 0.615. The molecule has 3 heterocycles. The summed E-state index contributed by atoms with van der Waals surface area (Å²) in [6.07, 6.45) is 7.27. The summed E-state index contributed by atoms with van der Waals surface area (Å²) in [7, 11) is 0. The molecule has 0 unspecified atom stereocenters. The Kier molecular flexibility index (Phi) is 8.12. The molecule has 122 valence electrons. The van der Waals surface area contributed by atoms with Crippen LogP contribution in [0.5, 0.6) is 0 Å². The van der Waals surface area contributed by atoms with E-state index in [0.717, 1.165) is 5.75 Å². The van der Waals surface area contributed by atoms with E-state index in [1.54, 1.807) is 0 Å². The van der Waals surface area contributed by atoms with E-state index in [-0.39, 0.29) is 0 Å². The number of allylic oxidation sites excluding steroid dienone is 2. The van der Waals surface area contributed by atoms with Crippen LogP contribution in [0.4, 0.5) is 0 Å². The molecule has 0 N–H and O–H groups in total. The fraction of sp³-hybridized carbons (Fsp3) is 0.357. The van der Waals surface area contributed by atoms with Gasteiger partial charge >= 0.3 is 0 Å². The third kappa shape index (κ3) is 5.36. The molecule has 0 radical (unpaired) electrons. The second-order valence-corrected chi connectivity index (χ2v) is 14.1. The van der Waals surface area contributed by atoms with Gasteiger partial charge in [0.1, 0.15) is 0 Å². The lowest BCUT2D eigenvalue weighted by Gasteiger charge is -2.08. The predicted octanol–water partition coefficient (Wildman–Crippen LogP) is 7.37. The van der Waals surface area contributed by atoms with E-state index in [9.17, 15) is 0 Å². The normalized spacial score (nSPS) is 22.8. The largest absolute Gasteiger partial charge is 0.198 e. The van der Waals surface area contributed by atoms with Gasteiger partial charge in [0.05, 0.1) is 31.5 Å². The van der Waals surface area contributed by atoms with E-state index in [0.29, 0.717) is 6.42 Å². The van der Waals surface area contributed by atoms with Crippen LogP contribution in [0.1, 0.15) is 6.42 Å². The van der Waals surface area contributed by atoms with Gasteiger partial charge in [0.15, 0.2) is 0 Å². The average Bonchev–Trinajstić information content (AvgIpc) is 3.16. The number of thioether (sulfide) groups is 8. The molecular weight excluding hydrogens is 439 g/mol. The highest BCUT2D eigenvalue weighted by molar-refractivity contribution is 8.42. The summed E-state index contributed by atoms with van der Waals surface area (Å²) < 4.78 is 8.46. The van der Waals surface area contributed by atoms with Gasteiger partial charge in [0, 0.05) is 23.7 Å². The Morgan fingerprint density at radius 3 is 2.22 bits per heavy atom. The smallest absolute Gasteiger partial charge is 0.0660 e. The molecule has 0 aromatic rings.